The Morgan fingerprint density at radius 1 is 0.162 bits per heavy atom. The molecule has 21 aromatic carbocycles. The summed E-state index contributed by atoms with van der Waals surface area (Å²) in [6.45, 7) is 4.77. The zero-order chi connectivity index (χ0) is 86.5. The predicted octanol–water partition coefficient (Wildman–Crippen LogP) is 33.0. The van der Waals surface area contributed by atoms with Gasteiger partial charge in [0, 0.05) is 39.1 Å². The van der Waals surface area contributed by atoms with Crippen molar-refractivity contribution in [1.82, 2.24) is 0 Å². The quantitative estimate of drug-likeness (QED) is 0.114. The summed E-state index contributed by atoms with van der Waals surface area (Å²) in [5.74, 6) is 0. The van der Waals surface area contributed by atoms with E-state index in [2.05, 4.69) is 533 Å². The van der Waals surface area contributed by atoms with Gasteiger partial charge in [-0.25, -0.2) is 0 Å². The lowest BCUT2D eigenvalue weighted by atomic mass is 9.51. The topological polar surface area (TPSA) is 6.48 Å². The lowest BCUT2D eigenvalue weighted by Gasteiger charge is -2.50. The normalized spacial score (nSPS) is 13.7. The molecule has 0 unspecified atom stereocenters. The van der Waals surface area contributed by atoms with Gasteiger partial charge >= 0.3 is 0 Å². The fourth-order valence-corrected chi connectivity index (χ4v) is 23.0. The molecule has 21 aromatic rings. The van der Waals surface area contributed by atoms with Crippen LogP contribution in [-0.2, 0) is 21.7 Å². The molecule has 4 aliphatic rings. The van der Waals surface area contributed by atoms with E-state index < -0.39 is 16.2 Å². The lowest BCUT2D eigenvalue weighted by Crippen LogP contribution is -2.44. The van der Waals surface area contributed by atoms with Crippen LogP contribution in [0.15, 0.2) is 510 Å². The second-order valence-corrected chi connectivity index (χ2v) is 35.5. The first-order valence-corrected chi connectivity index (χ1v) is 45.4. The van der Waals surface area contributed by atoms with Crippen molar-refractivity contribution in [2.75, 3.05) is 9.80 Å². The summed E-state index contributed by atoms with van der Waals surface area (Å²) in [5.41, 5.74) is 40.6. The first-order chi connectivity index (χ1) is 64.3. The van der Waals surface area contributed by atoms with Crippen LogP contribution in [0.4, 0.5) is 34.1 Å². The van der Waals surface area contributed by atoms with Crippen LogP contribution in [0.2, 0.25) is 0 Å². The van der Waals surface area contributed by atoms with Crippen LogP contribution >= 0.6 is 0 Å². The maximum absolute atomic E-state index is 2.52. The van der Waals surface area contributed by atoms with E-state index >= 15 is 0 Å². The summed E-state index contributed by atoms with van der Waals surface area (Å²) >= 11 is 0. The van der Waals surface area contributed by atoms with E-state index in [0.717, 1.165) is 34.1 Å². The molecule has 0 saturated heterocycles. The molecule has 0 atom stereocenters. The molecule has 0 N–H and O–H groups in total. The Hall–Kier alpha value is -16.3. The number of fused-ring (bicyclic) bond motifs is 20. The minimum atomic E-state index is -0.606. The van der Waals surface area contributed by atoms with Gasteiger partial charge in [-0.3, -0.25) is 0 Å². The minimum Gasteiger partial charge on any atom is -0.310 e. The molecule has 0 amide bonds. The summed E-state index contributed by atoms with van der Waals surface area (Å²) in [5, 5.41) is 4.92. The Bertz CT molecular complexity index is 7700. The average Bonchev–Trinajstić information content (AvgIpc) is 1.46. The molecule has 2 heteroatoms. The fraction of sp³-hybridized carbons (Fsp3) is 0.0469. The molecule has 0 saturated carbocycles. The second-order valence-electron chi connectivity index (χ2n) is 35.5. The molecule has 2 nitrogen and oxygen atoms in total. The maximum atomic E-state index is 2.52. The van der Waals surface area contributed by atoms with Crippen LogP contribution in [0.3, 0.4) is 0 Å². The molecule has 0 fully saturated rings. The van der Waals surface area contributed by atoms with E-state index in [1.807, 2.05) is 0 Å². The van der Waals surface area contributed by atoms with Gasteiger partial charge < -0.3 is 9.80 Å². The lowest BCUT2D eigenvalue weighted by molar-refractivity contribution is 0.563. The molecule has 0 aliphatic heterocycles. The van der Waals surface area contributed by atoms with Gasteiger partial charge in [-0.1, -0.05) is 457 Å². The van der Waals surface area contributed by atoms with Gasteiger partial charge in [-0.05, 0) is 233 Å². The fourth-order valence-electron chi connectivity index (χ4n) is 23.0. The third kappa shape index (κ3) is 12.0. The zero-order valence-corrected chi connectivity index (χ0v) is 72.4. The predicted molar refractivity (Wildman–Crippen MR) is 543 cm³/mol. The Morgan fingerprint density at radius 2 is 0.462 bits per heavy atom. The number of anilines is 6. The van der Waals surface area contributed by atoms with E-state index in [1.165, 1.54) is 177 Å². The summed E-state index contributed by atoms with van der Waals surface area (Å²) in [4.78, 5) is 4.93. The number of nitrogens with zero attached hydrogens (tertiary/aromatic N) is 2. The first-order valence-electron chi connectivity index (χ1n) is 45.4. The van der Waals surface area contributed by atoms with E-state index in [-0.39, 0.29) is 5.41 Å². The Morgan fingerprint density at radius 3 is 0.962 bits per heavy atom. The molecule has 0 radical (unpaired) electrons. The Kier molecular flexibility index (Phi) is 18.7. The summed E-state index contributed by atoms with van der Waals surface area (Å²) in [6.07, 6.45) is 0. The molecule has 0 aromatic heterocycles. The summed E-state index contributed by atoms with van der Waals surface area (Å²) in [6, 6.07) is 189. The molecular formula is C128H90N2. The van der Waals surface area contributed by atoms with Crippen molar-refractivity contribution in [1.29, 1.82) is 0 Å². The summed E-state index contributed by atoms with van der Waals surface area (Å²) in [7, 11) is 0. The average molecular weight is 1660 g/mol. The highest BCUT2D eigenvalue weighted by Gasteiger charge is 2.58. The second kappa shape index (κ2) is 31.4. The number of hydrogen-bond donors (Lipinski definition) is 0. The number of rotatable bonds is 13. The van der Waals surface area contributed by atoms with Crippen LogP contribution in [0.5, 0.6) is 0 Å². The SMILES string of the molecule is CC1(C)c2ccccc2C2(c3ccccc3-c3c(-c4ccc(N(c5ccc(-c6ccccc6)cc5)c5cc(-c6ccccc6)cc(-c6ccccc6)c5)cc4)cccc32)c2ccccc21.c1ccc(C2(c3ccccc3)c3ccccc3C3(c4ccccc4-c4c(N(c5ccc(-c6cccc7ccccc67)cc5)c5cccc6ccccc56)cccc43)c3ccccc32)cc1. The monoisotopic (exact) mass is 1650 g/mol. The highest BCUT2D eigenvalue weighted by molar-refractivity contribution is 6.06. The molecule has 25 rings (SSSR count). The van der Waals surface area contributed by atoms with Crippen LogP contribution in [0, 0.1) is 0 Å². The number of benzene rings is 21. The molecular weight excluding hydrogens is 1570 g/mol. The van der Waals surface area contributed by atoms with Gasteiger partial charge in [-0.15, -0.1) is 0 Å². The van der Waals surface area contributed by atoms with Gasteiger partial charge in [0.2, 0.25) is 0 Å². The maximum Gasteiger partial charge on any atom is 0.0720 e. The molecule has 4 aliphatic carbocycles. The van der Waals surface area contributed by atoms with Crippen molar-refractivity contribution >= 4 is 55.7 Å². The van der Waals surface area contributed by atoms with Gasteiger partial charge in [0.25, 0.3) is 0 Å². The van der Waals surface area contributed by atoms with Gasteiger partial charge in [-0.2, -0.15) is 0 Å². The molecule has 0 heterocycles. The largest absolute Gasteiger partial charge is 0.310 e. The van der Waals surface area contributed by atoms with E-state index in [0.29, 0.717) is 0 Å². The van der Waals surface area contributed by atoms with E-state index in [9.17, 15) is 0 Å². The van der Waals surface area contributed by atoms with Crippen LogP contribution in [-0.4, -0.2) is 0 Å². The van der Waals surface area contributed by atoms with Crippen LogP contribution in [0.1, 0.15) is 91.7 Å². The van der Waals surface area contributed by atoms with Crippen molar-refractivity contribution in [3.8, 4) is 77.9 Å². The third-order valence-corrected chi connectivity index (χ3v) is 28.5. The van der Waals surface area contributed by atoms with Crippen molar-refractivity contribution in [2.45, 2.75) is 35.5 Å². The molecule has 2 spiro atoms. The van der Waals surface area contributed by atoms with Crippen molar-refractivity contribution in [2.24, 2.45) is 0 Å². The van der Waals surface area contributed by atoms with Crippen molar-refractivity contribution in [3.05, 3.63) is 587 Å². The molecule has 612 valence electrons. The van der Waals surface area contributed by atoms with Gasteiger partial charge in [0.1, 0.15) is 0 Å². The highest BCUT2D eigenvalue weighted by Crippen LogP contribution is 2.68. The van der Waals surface area contributed by atoms with E-state index in [1.54, 1.807) is 0 Å². The Labute approximate surface area is 761 Å². The minimum absolute atomic E-state index is 0.139. The molecule has 0 bridgehead atoms. The van der Waals surface area contributed by atoms with Crippen molar-refractivity contribution in [3.63, 3.8) is 0 Å². The summed E-state index contributed by atoms with van der Waals surface area (Å²) < 4.78 is 0. The smallest absolute Gasteiger partial charge is 0.0720 e. The Balaban J connectivity index is 0.000000144. The van der Waals surface area contributed by atoms with Crippen molar-refractivity contribution < 1.29 is 0 Å². The van der Waals surface area contributed by atoms with Gasteiger partial charge in [0.15, 0.2) is 0 Å². The van der Waals surface area contributed by atoms with Gasteiger partial charge in [0.05, 0.1) is 27.6 Å². The first kappa shape index (κ1) is 77.3. The van der Waals surface area contributed by atoms with Crippen LogP contribution < -0.4 is 9.80 Å². The third-order valence-electron chi connectivity index (χ3n) is 28.5. The number of hydrogen-bond acceptors (Lipinski definition) is 2. The van der Waals surface area contributed by atoms with Crippen LogP contribution in [0.25, 0.3) is 99.4 Å². The molecule has 130 heavy (non-hydrogen) atoms. The zero-order valence-electron chi connectivity index (χ0n) is 72.4. The van der Waals surface area contributed by atoms with E-state index in [4.69, 9.17) is 0 Å². The standard InChI is InChI=1S/C64H43N.C64H47N/c1-3-24-47(25-4-1)63(48-26-5-2-6-27-48)55-33-13-15-35-57(55)64(58-36-16-14-34-56(58)63)54-32-12-11-30-53(54)62-59(64)37-19-39-61(62)65(60-38-18-23-45-21-8-10-29-52(45)60)49-42-40-46(41-43-49)51-31-17-22-44-20-7-9-28-50(44)51;1-63(2)57-28-14-16-30-59(57)64(60-31-17-15-29-58(60)63)56-27-13-12-25-55(56)62-54(26-18-32-61(62)64)48-35-39-52(40-36-48)65(51-37-33-47(34-38-51)44-19-6-3-7-20-44)53-42-49(45-21-8-4-9-22-45)41-50(43-53)46-23-10-5-11-24-46/h1-43H;3-43H,1-2H3. The highest BCUT2D eigenvalue weighted by atomic mass is 15.2.